The van der Waals surface area contributed by atoms with Crippen LogP contribution in [0.3, 0.4) is 0 Å². The van der Waals surface area contributed by atoms with E-state index in [9.17, 15) is 9.90 Å². The van der Waals surface area contributed by atoms with Gasteiger partial charge in [-0.3, -0.25) is 4.79 Å². The molecule has 3 aromatic heterocycles. The molecule has 25 heavy (non-hydrogen) atoms. The van der Waals surface area contributed by atoms with Crippen LogP contribution in [-0.4, -0.2) is 32.3 Å². The Labute approximate surface area is 145 Å². The summed E-state index contributed by atoms with van der Waals surface area (Å²) < 4.78 is 7.03. The Morgan fingerprint density at radius 3 is 2.80 bits per heavy atom. The normalized spacial score (nSPS) is 13.4. The standard InChI is InChI=1S/C18H20N4O3/c1-12-10-14(13(2)25-12)18(3,24)11-19-17(23)15-6-4-7-16(21-15)22-9-5-8-20-22/h4-10,24H,11H2,1-3H3,(H,19,23). The molecule has 3 rings (SSSR count). The van der Waals surface area contributed by atoms with Gasteiger partial charge in [-0.15, -0.1) is 0 Å². The average molecular weight is 340 g/mol. The molecule has 0 aromatic carbocycles. The van der Waals surface area contributed by atoms with Crippen molar-refractivity contribution in [3.05, 3.63) is 65.5 Å². The molecule has 0 aliphatic rings. The van der Waals surface area contributed by atoms with Gasteiger partial charge in [-0.05, 0) is 45.0 Å². The monoisotopic (exact) mass is 340 g/mol. The molecule has 7 nitrogen and oxygen atoms in total. The van der Waals surface area contributed by atoms with Crippen molar-refractivity contribution < 1.29 is 14.3 Å². The molecule has 7 heteroatoms. The van der Waals surface area contributed by atoms with Gasteiger partial charge >= 0.3 is 0 Å². The van der Waals surface area contributed by atoms with Gasteiger partial charge in [0.1, 0.15) is 22.8 Å². The predicted octanol–water partition coefficient (Wildman–Crippen LogP) is 2.11. The summed E-state index contributed by atoms with van der Waals surface area (Å²) in [5, 5.41) is 17.5. The number of aliphatic hydroxyl groups is 1. The Hall–Kier alpha value is -2.93. The van der Waals surface area contributed by atoms with Crippen LogP contribution < -0.4 is 5.32 Å². The molecule has 1 atom stereocenters. The molecule has 0 saturated carbocycles. The summed E-state index contributed by atoms with van der Waals surface area (Å²) in [6.45, 7) is 5.28. The van der Waals surface area contributed by atoms with Crippen molar-refractivity contribution in [2.45, 2.75) is 26.4 Å². The van der Waals surface area contributed by atoms with Crippen LogP contribution in [-0.2, 0) is 5.60 Å². The van der Waals surface area contributed by atoms with Crippen LogP contribution in [0.15, 0.2) is 47.1 Å². The highest BCUT2D eigenvalue weighted by molar-refractivity contribution is 5.92. The number of carbonyl (C=O) groups excluding carboxylic acids is 1. The molecule has 0 aliphatic carbocycles. The fraction of sp³-hybridized carbons (Fsp3) is 0.278. The average Bonchev–Trinajstić information content (AvgIpc) is 3.22. The van der Waals surface area contributed by atoms with Gasteiger partial charge in [0.25, 0.3) is 5.91 Å². The lowest BCUT2D eigenvalue weighted by Crippen LogP contribution is -2.39. The van der Waals surface area contributed by atoms with Gasteiger partial charge in [-0.2, -0.15) is 5.10 Å². The lowest BCUT2D eigenvalue weighted by Gasteiger charge is -2.23. The van der Waals surface area contributed by atoms with Gasteiger partial charge in [0, 0.05) is 18.0 Å². The second-order valence-electron chi connectivity index (χ2n) is 6.12. The number of carbonyl (C=O) groups is 1. The number of nitrogens with zero attached hydrogens (tertiary/aromatic N) is 3. The van der Waals surface area contributed by atoms with Crippen molar-refractivity contribution in [2.75, 3.05) is 6.54 Å². The number of hydrogen-bond acceptors (Lipinski definition) is 5. The minimum absolute atomic E-state index is 0.0410. The summed E-state index contributed by atoms with van der Waals surface area (Å²) in [5.41, 5.74) is -0.329. The van der Waals surface area contributed by atoms with Crippen molar-refractivity contribution in [1.82, 2.24) is 20.1 Å². The molecule has 0 spiro atoms. The maximum atomic E-state index is 12.4. The first kappa shape index (κ1) is 16.9. The topological polar surface area (TPSA) is 93.2 Å². The Morgan fingerprint density at radius 1 is 1.36 bits per heavy atom. The molecule has 3 aromatic rings. The number of rotatable bonds is 5. The highest BCUT2D eigenvalue weighted by Gasteiger charge is 2.28. The molecule has 1 amide bonds. The Kier molecular flexibility index (Phi) is 4.41. The van der Waals surface area contributed by atoms with E-state index < -0.39 is 5.60 Å². The van der Waals surface area contributed by atoms with Crippen LogP contribution in [0.4, 0.5) is 0 Å². The van der Waals surface area contributed by atoms with E-state index in [1.54, 1.807) is 61.3 Å². The highest BCUT2D eigenvalue weighted by atomic mass is 16.3. The zero-order chi connectivity index (χ0) is 18.0. The Bertz CT molecular complexity index is 882. The molecule has 0 fully saturated rings. The molecule has 2 N–H and O–H groups in total. The smallest absolute Gasteiger partial charge is 0.270 e. The molecule has 0 radical (unpaired) electrons. The van der Waals surface area contributed by atoms with Crippen molar-refractivity contribution >= 4 is 5.91 Å². The van der Waals surface area contributed by atoms with E-state index >= 15 is 0 Å². The summed E-state index contributed by atoms with van der Waals surface area (Å²) in [5.74, 6) is 1.53. The van der Waals surface area contributed by atoms with E-state index in [0.717, 1.165) is 0 Å². The Morgan fingerprint density at radius 2 is 2.16 bits per heavy atom. The molecular formula is C18H20N4O3. The molecule has 3 heterocycles. The van der Waals surface area contributed by atoms with Crippen LogP contribution >= 0.6 is 0 Å². The van der Waals surface area contributed by atoms with Crippen molar-refractivity contribution in [2.24, 2.45) is 0 Å². The molecule has 1 unspecified atom stereocenters. The molecule has 0 saturated heterocycles. The summed E-state index contributed by atoms with van der Waals surface area (Å²) in [6.07, 6.45) is 3.39. The molecular weight excluding hydrogens is 320 g/mol. The van der Waals surface area contributed by atoms with E-state index in [2.05, 4.69) is 15.4 Å². The van der Waals surface area contributed by atoms with E-state index in [0.29, 0.717) is 22.9 Å². The van der Waals surface area contributed by atoms with E-state index in [1.165, 1.54) is 0 Å². The first-order chi connectivity index (χ1) is 11.9. The Balaban J connectivity index is 1.72. The molecule has 0 aliphatic heterocycles. The lowest BCUT2D eigenvalue weighted by atomic mass is 9.96. The maximum absolute atomic E-state index is 12.4. The van der Waals surface area contributed by atoms with Gasteiger partial charge in [0.15, 0.2) is 5.82 Å². The van der Waals surface area contributed by atoms with E-state index in [-0.39, 0.29) is 18.1 Å². The number of furan rings is 1. The third-order valence-corrected chi connectivity index (χ3v) is 3.92. The lowest BCUT2D eigenvalue weighted by molar-refractivity contribution is 0.0512. The quantitative estimate of drug-likeness (QED) is 0.742. The first-order valence-corrected chi connectivity index (χ1v) is 7.92. The van der Waals surface area contributed by atoms with Gasteiger partial charge in [0.2, 0.25) is 0 Å². The third-order valence-electron chi connectivity index (χ3n) is 3.92. The second kappa shape index (κ2) is 6.52. The minimum atomic E-state index is -1.24. The zero-order valence-electron chi connectivity index (χ0n) is 14.4. The van der Waals surface area contributed by atoms with Crippen molar-refractivity contribution in [1.29, 1.82) is 0 Å². The van der Waals surface area contributed by atoms with Crippen LogP contribution in [0.1, 0.15) is 34.5 Å². The van der Waals surface area contributed by atoms with Crippen molar-refractivity contribution in [3.63, 3.8) is 0 Å². The summed E-state index contributed by atoms with van der Waals surface area (Å²) in [4.78, 5) is 16.7. The number of aromatic nitrogens is 3. The molecule has 0 bridgehead atoms. The highest BCUT2D eigenvalue weighted by Crippen LogP contribution is 2.26. The number of hydrogen-bond donors (Lipinski definition) is 2. The summed E-state index contributed by atoms with van der Waals surface area (Å²) in [6, 6.07) is 8.67. The summed E-state index contributed by atoms with van der Waals surface area (Å²) in [7, 11) is 0. The summed E-state index contributed by atoms with van der Waals surface area (Å²) >= 11 is 0. The number of nitrogens with one attached hydrogen (secondary N) is 1. The maximum Gasteiger partial charge on any atom is 0.270 e. The SMILES string of the molecule is Cc1cc(C(C)(O)CNC(=O)c2cccc(-n3cccn3)n2)c(C)o1. The number of aryl methyl sites for hydroxylation is 2. The number of pyridine rings is 1. The van der Waals surface area contributed by atoms with Crippen LogP contribution in [0.5, 0.6) is 0 Å². The van der Waals surface area contributed by atoms with E-state index in [1.807, 2.05) is 6.92 Å². The van der Waals surface area contributed by atoms with Gasteiger partial charge < -0.3 is 14.8 Å². The predicted molar refractivity (Wildman–Crippen MR) is 91.4 cm³/mol. The fourth-order valence-corrected chi connectivity index (χ4v) is 2.69. The minimum Gasteiger partial charge on any atom is -0.466 e. The van der Waals surface area contributed by atoms with Crippen LogP contribution in [0, 0.1) is 13.8 Å². The van der Waals surface area contributed by atoms with Gasteiger partial charge in [0.05, 0.1) is 6.54 Å². The fourth-order valence-electron chi connectivity index (χ4n) is 2.69. The van der Waals surface area contributed by atoms with Crippen LogP contribution in [0.2, 0.25) is 0 Å². The van der Waals surface area contributed by atoms with Gasteiger partial charge in [-0.1, -0.05) is 6.07 Å². The van der Waals surface area contributed by atoms with Crippen molar-refractivity contribution in [3.8, 4) is 5.82 Å². The van der Waals surface area contributed by atoms with Gasteiger partial charge in [-0.25, -0.2) is 9.67 Å². The number of amides is 1. The largest absolute Gasteiger partial charge is 0.466 e. The second-order valence-corrected chi connectivity index (χ2v) is 6.12. The van der Waals surface area contributed by atoms with E-state index in [4.69, 9.17) is 4.42 Å². The van der Waals surface area contributed by atoms with Crippen LogP contribution in [0.25, 0.3) is 5.82 Å². The molecule has 130 valence electrons. The first-order valence-electron chi connectivity index (χ1n) is 7.92. The third kappa shape index (κ3) is 3.61. The zero-order valence-corrected chi connectivity index (χ0v) is 14.4.